The third-order valence-electron chi connectivity index (χ3n) is 7.64. The summed E-state index contributed by atoms with van der Waals surface area (Å²) in [7, 11) is 3.66. The van der Waals surface area contributed by atoms with Gasteiger partial charge in [-0.15, -0.1) is 0 Å². The molecule has 6 nitrogen and oxygen atoms in total. The first-order valence-electron chi connectivity index (χ1n) is 11.6. The third kappa shape index (κ3) is 2.96. The van der Waals surface area contributed by atoms with Crippen molar-refractivity contribution >= 4 is 57.4 Å². The van der Waals surface area contributed by atoms with Crippen molar-refractivity contribution in [2.24, 2.45) is 0 Å². The van der Waals surface area contributed by atoms with E-state index in [-0.39, 0.29) is 17.7 Å². The highest BCUT2D eigenvalue weighted by molar-refractivity contribution is 8.25. The zero-order valence-corrected chi connectivity index (χ0v) is 22.1. The maximum Gasteiger partial charge on any atom is 0.254 e. The maximum atomic E-state index is 14.7. The van der Waals surface area contributed by atoms with E-state index in [0.29, 0.717) is 22.4 Å². The van der Waals surface area contributed by atoms with Gasteiger partial charge < -0.3 is 4.90 Å². The molecule has 182 valence electrons. The number of amides is 2. The van der Waals surface area contributed by atoms with E-state index in [1.807, 2.05) is 72.6 Å². The van der Waals surface area contributed by atoms with Gasteiger partial charge in [0.15, 0.2) is 5.54 Å². The van der Waals surface area contributed by atoms with Crippen LogP contribution in [0.5, 0.6) is 0 Å². The Kier molecular flexibility index (Phi) is 5.50. The largest absolute Gasteiger partial charge is 0.313 e. The number of hydrogen-bond donors (Lipinski definition) is 0. The summed E-state index contributed by atoms with van der Waals surface area (Å²) in [6, 6.07) is 20.9. The van der Waals surface area contributed by atoms with Gasteiger partial charge in [0.25, 0.3) is 5.91 Å². The molecule has 2 fully saturated rings. The van der Waals surface area contributed by atoms with E-state index in [1.54, 1.807) is 29.1 Å². The summed E-state index contributed by atoms with van der Waals surface area (Å²) in [5.41, 5.74) is 1.92. The zero-order chi connectivity index (χ0) is 25.2. The molecule has 6 rings (SSSR count). The lowest BCUT2D eigenvalue weighted by atomic mass is 9.72. The van der Waals surface area contributed by atoms with Crippen LogP contribution in [0.25, 0.3) is 0 Å². The number of anilines is 1. The number of halogens is 1. The van der Waals surface area contributed by atoms with Crippen LogP contribution in [0.15, 0.2) is 72.9 Å². The summed E-state index contributed by atoms with van der Waals surface area (Å²) in [4.78, 5) is 39.0. The number of fused-ring (bicyclic) bond motifs is 3. The van der Waals surface area contributed by atoms with Gasteiger partial charge in [0.05, 0.1) is 6.54 Å². The van der Waals surface area contributed by atoms with Crippen LogP contribution in [-0.4, -0.2) is 56.3 Å². The van der Waals surface area contributed by atoms with Crippen molar-refractivity contribution in [2.75, 3.05) is 25.5 Å². The summed E-state index contributed by atoms with van der Waals surface area (Å²) in [6.07, 6.45) is 1.73. The minimum absolute atomic E-state index is 0.161. The van der Waals surface area contributed by atoms with E-state index in [2.05, 4.69) is 4.98 Å². The topological polar surface area (TPSA) is 56.8 Å². The Balaban J connectivity index is 1.60. The molecule has 3 aromatic rings. The predicted molar refractivity (Wildman–Crippen MR) is 146 cm³/mol. The molecule has 0 bridgehead atoms. The van der Waals surface area contributed by atoms with E-state index in [1.165, 1.54) is 11.8 Å². The van der Waals surface area contributed by atoms with Gasteiger partial charge in [0, 0.05) is 47.7 Å². The lowest BCUT2D eigenvalue weighted by Crippen LogP contribution is -2.62. The summed E-state index contributed by atoms with van der Waals surface area (Å²) in [5, 5.41) is 0.514. The van der Waals surface area contributed by atoms with Crippen LogP contribution in [0.3, 0.4) is 0 Å². The number of carbonyl (C=O) groups excluding carboxylic acids is 2. The Morgan fingerprint density at radius 3 is 2.53 bits per heavy atom. The molecule has 0 radical (unpaired) electrons. The van der Waals surface area contributed by atoms with E-state index in [0.717, 1.165) is 22.5 Å². The van der Waals surface area contributed by atoms with Crippen LogP contribution in [0.4, 0.5) is 5.69 Å². The maximum absolute atomic E-state index is 14.7. The predicted octanol–water partition coefficient (Wildman–Crippen LogP) is 4.44. The number of rotatable bonds is 3. The monoisotopic (exact) mass is 534 g/mol. The Labute approximate surface area is 224 Å². The van der Waals surface area contributed by atoms with Gasteiger partial charge >= 0.3 is 0 Å². The van der Waals surface area contributed by atoms with E-state index < -0.39 is 10.3 Å². The van der Waals surface area contributed by atoms with E-state index in [9.17, 15) is 9.59 Å². The summed E-state index contributed by atoms with van der Waals surface area (Å²) in [5.74, 6) is -0.705. The Bertz CT molecular complexity index is 1410. The van der Waals surface area contributed by atoms with Crippen LogP contribution >= 0.6 is 35.6 Å². The number of carbonyl (C=O) groups is 2. The number of hydrogen-bond acceptors (Lipinski definition) is 6. The highest BCUT2D eigenvalue weighted by Crippen LogP contribution is 2.66. The second-order valence-corrected chi connectivity index (χ2v) is 11.7. The number of likely N-dealkylation sites (N-methyl/N-ethyl adjacent to an activating group) is 2. The highest BCUT2D eigenvalue weighted by Gasteiger charge is 2.78. The molecule has 36 heavy (non-hydrogen) atoms. The first-order valence-corrected chi connectivity index (χ1v) is 13.2. The quantitative estimate of drug-likeness (QED) is 0.463. The molecule has 0 aliphatic carbocycles. The molecule has 3 aliphatic heterocycles. The van der Waals surface area contributed by atoms with E-state index >= 15 is 0 Å². The molecule has 1 unspecified atom stereocenters. The number of thioether (sulfide) groups is 1. The molecule has 4 heterocycles. The second kappa shape index (κ2) is 8.38. The number of thiocarbonyl (C=S) groups is 1. The third-order valence-corrected chi connectivity index (χ3v) is 9.82. The minimum atomic E-state index is -1.29. The molecule has 3 atom stereocenters. The normalized spacial score (nSPS) is 27.6. The molecular weight excluding hydrogens is 512 g/mol. The van der Waals surface area contributed by atoms with Crippen molar-refractivity contribution in [1.29, 1.82) is 0 Å². The number of nitrogens with zero attached hydrogens (tertiary/aromatic N) is 4. The van der Waals surface area contributed by atoms with Crippen LogP contribution < -0.4 is 4.90 Å². The molecule has 1 aromatic heterocycles. The van der Waals surface area contributed by atoms with Gasteiger partial charge in [-0.1, -0.05) is 72.0 Å². The molecule has 2 aromatic carbocycles. The molecule has 9 heteroatoms. The fraction of sp³-hybridized carbons (Fsp3) is 0.259. The second-order valence-electron chi connectivity index (χ2n) is 9.40. The fourth-order valence-electron chi connectivity index (χ4n) is 6.12. The van der Waals surface area contributed by atoms with Gasteiger partial charge in [0.2, 0.25) is 5.91 Å². The van der Waals surface area contributed by atoms with Gasteiger partial charge in [0.1, 0.15) is 9.07 Å². The van der Waals surface area contributed by atoms with Gasteiger partial charge in [-0.05, 0) is 42.9 Å². The average Bonchev–Trinajstić information content (AvgIpc) is 3.38. The lowest BCUT2D eigenvalue weighted by molar-refractivity contribution is -0.139. The Morgan fingerprint density at radius 2 is 1.81 bits per heavy atom. The van der Waals surface area contributed by atoms with Crippen LogP contribution in [0.1, 0.15) is 22.7 Å². The van der Waals surface area contributed by atoms with Crippen LogP contribution in [0.2, 0.25) is 5.02 Å². The SMILES string of the molecule is CN1C(=O)[C@@]2(c3cc(Cl)ccc31)N(C)CC(c1ccccn1)[C@@]21SC(=S)N(Cc2ccccc2)C1=O. The Morgan fingerprint density at radius 1 is 1.06 bits per heavy atom. The van der Waals surface area contributed by atoms with Crippen molar-refractivity contribution < 1.29 is 9.59 Å². The first-order chi connectivity index (χ1) is 17.3. The van der Waals surface area contributed by atoms with Gasteiger partial charge in [-0.3, -0.25) is 24.4 Å². The summed E-state index contributed by atoms with van der Waals surface area (Å²) in [6.45, 7) is 0.803. The molecular formula is C27H23ClN4O2S2. The number of benzene rings is 2. The molecule has 2 spiro atoms. The van der Waals surface area contributed by atoms with Crippen molar-refractivity contribution in [3.63, 3.8) is 0 Å². The van der Waals surface area contributed by atoms with Gasteiger partial charge in [-0.25, -0.2) is 0 Å². The summed E-state index contributed by atoms with van der Waals surface area (Å²) < 4.78 is -0.783. The lowest BCUT2D eigenvalue weighted by Gasteiger charge is -2.42. The first kappa shape index (κ1) is 23.6. The number of pyridine rings is 1. The number of aromatic nitrogens is 1. The Hall–Kier alpha value is -2.78. The van der Waals surface area contributed by atoms with Crippen molar-refractivity contribution in [1.82, 2.24) is 14.8 Å². The molecule has 0 saturated carbocycles. The van der Waals surface area contributed by atoms with Crippen molar-refractivity contribution in [3.05, 3.63) is 94.8 Å². The zero-order valence-electron chi connectivity index (χ0n) is 19.7. The van der Waals surface area contributed by atoms with Crippen LogP contribution in [0, 0.1) is 0 Å². The van der Waals surface area contributed by atoms with Gasteiger partial charge in [-0.2, -0.15) is 0 Å². The van der Waals surface area contributed by atoms with Crippen molar-refractivity contribution in [3.8, 4) is 0 Å². The molecule has 0 N–H and O–H groups in total. The average molecular weight is 535 g/mol. The minimum Gasteiger partial charge on any atom is -0.313 e. The smallest absolute Gasteiger partial charge is 0.254 e. The van der Waals surface area contributed by atoms with Crippen molar-refractivity contribution in [2.45, 2.75) is 22.7 Å². The standard InChI is InChI=1S/C27H23ClN4O2S2/c1-30-16-20(21-10-6-7-13-29-21)27(24(34)32(25(35)36-27)15-17-8-4-3-5-9-17)26(30)19-14-18(28)11-12-22(19)31(2)23(26)33/h3-14,20H,15-16H2,1-2H3/t20?,26-,27+/m1/s1. The number of likely N-dealkylation sites (tertiary alicyclic amines) is 1. The molecule has 3 aliphatic rings. The fourth-order valence-corrected chi connectivity index (χ4v) is 8.40. The molecule has 2 amide bonds. The summed E-state index contributed by atoms with van der Waals surface area (Å²) >= 11 is 13.7. The van der Waals surface area contributed by atoms with Crippen LogP contribution in [-0.2, 0) is 21.7 Å². The molecule has 2 saturated heterocycles. The highest BCUT2D eigenvalue weighted by atomic mass is 35.5. The van der Waals surface area contributed by atoms with E-state index in [4.69, 9.17) is 23.8 Å².